The summed E-state index contributed by atoms with van der Waals surface area (Å²) in [5.41, 5.74) is 3.31. The van der Waals surface area contributed by atoms with Gasteiger partial charge in [0.15, 0.2) is 0 Å². The molecule has 0 spiro atoms. The highest BCUT2D eigenvalue weighted by Gasteiger charge is 2.27. The van der Waals surface area contributed by atoms with E-state index in [1.54, 1.807) is 6.08 Å². The minimum absolute atomic E-state index is 0.0960. The average Bonchev–Trinajstić information content (AvgIpc) is 1.99. The predicted octanol–water partition coefficient (Wildman–Crippen LogP) is 1.36. The lowest BCUT2D eigenvalue weighted by atomic mass is 10.2. The number of ether oxygens (including phenoxy) is 1. The zero-order chi connectivity index (χ0) is 11.2. The molecule has 0 radical (unpaired) electrons. The Balaban J connectivity index is 3.80. The standard InChI is InChI=1S/C8H15F3N2O/c1-6(2)3-7(13-12)4-14-5-8(9,10)11/h3,7,13H,4-5,12H2,1-2H3. The maximum atomic E-state index is 11.7. The van der Waals surface area contributed by atoms with Gasteiger partial charge in [-0.25, -0.2) is 0 Å². The largest absolute Gasteiger partial charge is 0.411 e. The van der Waals surface area contributed by atoms with Gasteiger partial charge in [-0.05, 0) is 13.8 Å². The van der Waals surface area contributed by atoms with Gasteiger partial charge in [-0.2, -0.15) is 13.2 Å². The Morgan fingerprint density at radius 3 is 2.43 bits per heavy atom. The lowest BCUT2D eigenvalue weighted by Gasteiger charge is -2.13. The van der Waals surface area contributed by atoms with Crippen molar-refractivity contribution in [1.82, 2.24) is 5.43 Å². The Hall–Kier alpha value is -0.590. The van der Waals surface area contributed by atoms with Gasteiger partial charge < -0.3 is 4.74 Å². The SMILES string of the molecule is CC(C)=CC(COCC(F)(F)F)NN. The minimum Gasteiger partial charge on any atom is -0.370 e. The molecular formula is C8H15F3N2O. The third-order valence-electron chi connectivity index (χ3n) is 1.31. The molecule has 0 rings (SSSR count). The van der Waals surface area contributed by atoms with Gasteiger partial charge in [0.05, 0.1) is 12.6 Å². The molecule has 0 aromatic rings. The number of allylic oxidation sites excluding steroid dienone is 1. The topological polar surface area (TPSA) is 47.3 Å². The first kappa shape index (κ1) is 13.4. The number of hydrogen-bond acceptors (Lipinski definition) is 3. The van der Waals surface area contributed by atoms with Crippen molar-refractivity contribution in [3.63, 3.8) is 0 Å². The molecule has 6 heteroatoms. The van der Waals surface area contributed by atoms with Crippen molar-refractivity contribution >= 4 is 0 Å². The summed E-state index contributed by atoms with van der Waals surface area (Å²) < 4.78 is 39.5. The fourth-order valence-corrected chi connectivity index (χ4v) is 0.848. The zero-order valence-corrected chi connectivity index (χ0v) is 8.19. The van der Waals surface area contributed by atoms with E-state index in [9.17, 15) is 13.2 Å². The lowest BCUT2D eigenvalue weighted by Crippen LogP contribution is -2.38. The van der Waals surface area contributed by atoms with E-state index in [2.05, 4.69) is 10.2 Å². The second-order valence-corrected chi connectivity index (χ2v) is 3.15. The van der Waals surface area contributed by atoms with Crippen molar-refractivity contribution in [3.8, 4) is 0 Å². The monoisotopic (exact) mass is 212 g/mol. The number of alkyl halides is 3. The molecular weight excluding hydrogens is 197 g/mol. The highest BCUT2D eigenvalue weighted by atomic mass is 19.4. The molecule has 0 bridgehead atoms. The smallest absolute Gasteiger partial charge is 0.370 e. The second-order valence-electron chi connectivity index (χ2n) is 3.15. The van der Waals surface area contributed by atoms with Gasteiger partial charge in [0, 0.05) is 0 Å². The fraction of sp³-hybridized carbons (Fsp3) is 0.750. The molecule has 0 saturated heterocycles. The Kier molecular flexibility index (Phi) is 5.75. The quantitative estimate of drug-likeness (QED) is 0.411. The normalized spacial score (nSPS) is 13.9. The minimum atomic E-state index is -4.29. The van der Waals surface area contributed by atoms with Crippen molar-refractivity contribution in [2.45, 2.75) is 26.1 Å². The third-order valence-corrected chi connectivity index (χ3v) is 1.31. The van der Waals surface area contributed by atoms with Gasteiger partial charge >= 0.3 is 6.18 Å². The molecule has 0 saturated carbocycles. The van der Waals surface area contributed by atoms with Gasteiger partial charge in [0.2, 0.25) is 0 Å². The number of halogens is 3. The number of rotatable bonds is 5. The van der Waals surface area contributed by atoms with E-state index in [0.717, 1.165) is 5.57 Å². The van der Waals surface area contributed by atoms with Crippen molar-refractivity contribution in [2.75, 3.05) is 13.2 Å². The van der Waals surface area contributed by atoms with E-state index in [0.29, 0.717) is 0 Å². The van der Waals surface area contributed by atoms with Crippen molar-refractivity contribution < 1.29 is 17.9 Å². The van der Waals surface area contributed by atoms with E-state index in [4.69, 9.17) is 5.84 Å². The van der Waals surface area contributed by atoms with Crippen molar-refractivity contribution in [3.05, 3.63) is 11.6 Å². The maximum absolute atomic E-state index is 11.7. The van der Waals surface area contributed by atoms with Gasteiger partial charge in [-0.15, -0.1) is 0 Å². The number of hydrazine groups is 1. The van der Waals surface area contributed by atoms with E-state index in [1.807, 2.05) is 13.8 Å². The van der Waals surface area contributed by atoms with Crippen LogP contribution < -0.4 is 11.3 Å². The summed E-state index contributed by atoms with van der Waals surface area (Å²) in [6.07, 6.45) is -2.58. The molecule has 3 N–H and O–H groups in total. The van der Waals surface area contributed by atoms with Crippen LogP contribution in [-0.4, -0.2) is 25.4 Å². The van der Waals surface area contributed by atoms with Gasteiger partial charge in [-0.1, -0.05) is 11.6 Å². The van der Waals surface area contributed by atoms with Gasteiger partial charge in [-0.3, -0.25) is 11.3 Å². The van der Waals surface area contributed by atoms with Crippen LogP contribution in [0.15, 0.2) is 11.6 Å². The molecule has 0 aliphatic carbocycles. The van der Waals surface area contributed by atoms with Crippen LogP contribution in [0.4, 0.5) is 13.2 Å². The zero-order valence-electron chi connectivity index (χ0n) is 8.19. The summed E-state index contributed by atoms with van der Waals surface area (Å²) in [5, 5.41) is 0. The summed E-state index contributed by atoms with van der Waals surface area (Å²) in [5.74, 6) is 5.12. The van der Waals surface area contributed by atoms with Crippen LogP contribution in [0, 0.1) is 0 Å². The molecule has 84 valence electrons. The Morgan fingerprint density at radius 1 is 1.50 bits per heavy atom. The third kappa shape index (κ3) is 8.03. The van der Waals surface area contributed by atoms with Crippen LogP contribution in [0.1, 0.15) is 13.8 Å². The first-order valence-corrected chi connectivity index (χ1v) is 4.11. The second kappa shape index (κ2) is 6.00. The molecule has 0 aliphatic heterocycles. The molecule has 3 nitrogen and oxygen atoms in total. The lowest BCUT2D eigenvalue weighted by molar-refractivity contribution is -0.174. The first-order chi connectivity index (χ1) is 6.35. The van der Waals surface area contributed by atoms with E-state index < -0.39 is 12.8 Å². The average molecular weight is 212 g/mol. The number of nitrogens with one attached hydrogen (secondary N) is 1. The molecule has 0 fully saturated rings. The first-order valence-electron chi connectivity index (χ1n) is 4.11. The molecule has 0 heterocycles. The molecule has 1 unspecified atom stereocenters. The van der Waals surface area contributed by atoms with Crippen LogP contribution >= 0.6 is 0 Å². The van der Waals surface area contributed by atoms with Crippen LogP contribution in [0.2, 0.25) is 0 Å². The van der Waals surface area contributed by atoms with Crippen LogP contribution in [0.5, 0.6) is 0 Å². The maximum Gasteiger partial charge on any atom is 0.411 e. The fourth-order valence-electron chi connectivity index (χ4n) is 0.848. The Morgan fingerprint density at radius 2 is 2.07 bits per heavy atom. The molecule has 0 aromatic carbocycles. The Labute approximate surface area is 81.1 Å². The van der Waals surface area contributed by atoms with Gasteiger partial charge in [0.1, 0.15) is 6.61 Å². The summed E-state index contributed by atoms with van der Waals surface area (Å²) in [6, 6.07) is -0.387. The molecule has 0 aliphatic rings. The van der Waals surface area contributed by atoms with E-state index in [-0.39, 0.29) is 12.6 Å². The molecule has 0 aromatic heterocycles. The molecule has 0 amide bonds. The van der Waals surface area contributed by atoms with Crippen LogP contribution in [0.25, 0.3) is 0 Å². The van der Waals surface area contributed by atoms with Crippen molar-refractivity contribution in [1.29, 1.82) is 0 Å². The highest BCUT2D eigenvalue weighted by Crippen LogP contribution is 2.14. The van der Waals surface area contributed by atoms with Gasteiger partial charge in [0.25, 0.3) is 0 Å². The number of hydrogen-bond donors (Lipinski definition) is 2. The predicted molar refractivity (Wildman–Crippen MR) is 47.4 cm³/mol. The Bertz CT molecular complexity index is 188. The van der Waals surface area contributed by atoms with Crippen LogP contribution in [-0.2, 0) is 4.74 Å². The van der Waals surface area contributed by atoms with Crippen LogP contribution in [0.3, 0.4) is 0 Å². The molecule has 1 atom stereocenters. The van der Waals surface area contributed by atoms with E-state index in [1.165, 1.54) is 0 Å². The summed E-state index contributed by atoms with van der Waals surface area (Å²) >= 11 is 0. The molecule has 14 heavy (non-hydrogen) atoms. The summed E-state index contributed by atoms with van der Waals surface area (Å²) in [7, 11) is 0. The number of nitrogens with two attached hydrogens (primary N) is 1. The highest BCUT2D eigenvalue weighted by molar-refractivity contribution is 5.00. The van der Waals surface area contributed by atoms with E-state index >= 15 is 0 Å². The summed E-state index contributed by atoms with van der Waals surface area (Å²) in [6.45, 7) is 2.31. The van der Waals surface area contributed by atoms with Crippen molar-refractivity contribution in [2.24, 2.45) is 5.84 Å². The summed E-state index contributed by atoms with van der Waals surface area (Å²) in [4.78, 5) is 0.